The molecule has 0 unspecified atom stereocenters. The Morgan fingerprint density at radius 1 is 1.28 bits per heavy atom. The standard InChI is InChI=1S/C18H17N5O2/c1-3-11-25-16-9-7-13(8-10-16)18(24)19-15-6-4-5-14(12-15)17-20-21-22-23(17)2/h3-10,12H,1,11H2,2H3,(H,19,24). The molecule has 0 aliphatic rings. The molecule has 0 saturated carbocycles. The van der Waals surface area contributed by atoms with Crippen molar-refractivity contribution in [3.05, 3.63) is 66.7 Å². The summed E-state index contributed by atoms with van der Waals surface area (Å²) in [6, 6.07) is 14.3. The second kappa shape index (κ2) is 7.39. The Kier molecular flexibility index (Phi) is 4.84. The fourth-order valence-corrected chi connectivity index (χ4v) is 2.27. The highest BCUT2D eigenvalue weighted by Gasteiger charge is 2.09. The maximum Gasteiger partial charge on any atom is 0.255 e. The fraction of sp³-hybridized carbons (Fsp3) is 0.111. The molecule has 1 heterocycles. The lowest BCUT2D eigenvalue weighted by atomic mass is 10.1. The number of tetrazole rings is 1. The van der Waals surface area contributed by atoms with Crippen molar-refractivity contribution in [2.45, 2.75) is 0 Å². The zero-order valence-corrected chi connectivity index (χ0v) is 13.7. The summed E-state index contributed by atoms with van der Waals surface area (Å²) in [5, 5.41) is 14.3. The summed E-state index contributed by atoms with van der Waals surface area (Å²) in [6.45, 7) is 4.02. The van der Waals surface area contributed by atoms with Crippen molar-refractivity contribution in [1.29, 1.82) is 0 Å². The number of aryl methyl sites for hydroxylation is 1. The van der Waals surface area contributed by atoms with Crippen LogP contribution < -0.4 is 10.1 Å². The maximum atomic E-state index is 12.4. The number of benzene rings is 2. The van der Waals surface area contributed by atoms with E-state index in [1.165, 1.54) is 0 Å². The number of nitrogens with one attached hydrogen (secondary N) is 1. The average molecular weight is 335 g/mol. The van der Waals surface area contributed by atoms with Crippen LogP contribution >= 0.6 is 0 Å². The van der Waals surface area contributed by atoms with Crippen LogP contribution in [0.5, 0.6) is 5.75 Å². The van der Waals surface area contributed by atoms with Crippen molar-refractivity contribution < 1.29 is 9.53 Å². The largest absolute Gasteiger partial charge is 0.490 e. The number of hydrogen-bond donors (Lipinski definition) is 1. The minimum absolute atomic E-state index is 0.205. The van der Waals surface area contributed by atoms with E-state index in [-0.39, 0.29) is 5.91 Å². The van der Waals surface area contributed by atoms with Crippen molar-refractivity contribution >= 4 is 11.6 Å². The Hall–Kier alpha value is -3.48. The predicted molar refractivity (Wildman–Crippen MR) is 94.3 cm³/mol. The maximum absolute atomic E-state index is 12.4. The highest BCUT2D eigenvalue weighted by molar-refractivity contribution is 6.04. The van der Waals surface area contributed by atoms with Gasteiger partial charge in [-0.05, 0) is 46.8 Å². The minimum Gasteiger partial charge on any atom is -0.490 e. The third-order valence-corrected chi connectivity index (χ3v) is 3.48. The van der Waals surface area contributed by atoms with Crippen LogP contribution in [0.4, 0.5) is 5.69 Å². The van der Waals surface area contributed by atoms with E-state index in [1.54, 1.807) is 42.1 Å². The third-order valence-electron chi connectivity index (χ3n) is 3.48. The van der Waals surface area contributed by atoms with Gasteiger partial charge in [-0.1, -0.05) is 24.8 Å². The summed E-state index contributed by atoms with van der Waals surface area (Å²) in [6.07, 6.45) is 1.67. The second-order valence-electron chi connectivity index (χ2n) is 5.29. The Labute approximate surface area is 144 Å². The summed E-state index contributed by atoms with van der Waals surface area (Å²) >= 11 is 0. The van der Waals surface area contributed by atoms with Crippen LogP contribution in [0.1, 0.15) is 10.4 Å². The monoisotopic (exact) mass is 335 g/mol. The number of rotatable bonds is 6. The fourth-order valence-electron chi connectivity index (χ4n) is 2.27. The molecule has 7 nitrogen and oxygen atoms in total. The highest BCUT2D eigenvalue weighted by atomic mass is 16.5. The molecule has 25 heavy (non-hydrogen) atoms. The second-order valence-corrected chi connectivity index (χ2v) is 5.29. The summed E-state index contributed by atoms with van der Waals surface area (Å²) in [5.74, 6) is 1.11. The first-order chi connectivity index (χ1) is 12.2. The molecule has 0 fully saturated rings. The Balaban J connectivity index is 1.73. The zero-order chi connectivity index (χ0) is 17.6. The lowest BCUT2D eigenvalue weighted by molar-refractivity contribution is 0.102. The quantitative estimate of drug-likeness (QED) is 0.700. The van der Waals surface area contributed by atoms with Gasteiger partial charge in [-0.3, -0.25) is 4.79 Å². The van der Waals surface area contributed by atoms with Crippen molar-refractivity contribution in [3.63, 3.8) is 0 Å². The third kappa shape index (κ3) is 3.89. The highest BCUT2D eigenvalue weighted by Crippen LogP contribution is 2.20. The van der Waals surface area contributed by atoms with Gasteiger partial charge in [-0.15, -0.1) is 5.10 Å². The lowest BCUT2D eigenvalue weighted by Crippen LogP contribution is -2.11. The molecule has 3 rings (SSSR count). The lowest BCUT2D eigenvalue weighted by Gasteiger charge is -2.08. The summed E-state index contributed by atoms with van der Waals surface area (Å²) in [7, 11) is 1.76. The van der Waals surface area contributed by atoms with Gasteiger partial charge in [0.15, 0.2) is 5.82 Å². The number of carbonyl (C=O) groups is 1. The van der Waals surface area contributed by atoms with Gasteiger partial charge in [0, 0.05) is 23.9 Å². The van der Waals surface area contributed by atoms with Gasteiger partial charge in [0.05, 0.1) is 0 Å². The number of nitrogens with zero attached hydrogens (tertiary/aromatic N) is 4. The van der Waals surface area contributed by atoms with Gasteiger partial charge in [0.2, 0.25) is 0 Å². The molecule has 1 N–H and O–H groups in total. The van der Waals surface area contributed by atoms with Crippen LogP contribution in [-0.2, 0) is 7.05 Å². The Morgan fingerprint density at radius 3 is 2.76 bits per heavy atom. The van der Waals surface area contributed by atoms with E-state index >= 15 is 0 Å². The molecule has 0 atom stereocenters. The molecule has 0 bridgehead atoms. The molecule has 7 heteroatoms. The zero-order valence-electron chi connectivity index (χ0n) is 13.7. The van der Waals surface area contributed by atoms with E-state index in [0.717, 1.165) is 5.56 Å². The van der Waals surface area contributed by atoms with E-state index < -0.39 is 0 Å². The molecule has 126 valence electrons. The minimum atomic E-state index is -0.205. The predicted octanol–water partition coefficient (Wildman–Crippen LogP) is 2.69. The molecule has 0 spiro atoms. The van der Waals surface area contributed by atoms with Crippen LogP contribution in [0.2, 0.25) is 0 Å². The van der Waals surface area contributed by atoms with Gasteiger partial charge in [-0.25, -0.2) is 4.68 Å². The van der Waals surface area contributed by atoms with Crippen molar-refractivity contribution in [2.75, 3.05) is 11.9 Å². The van der Waals surface area contributed by atoms with Crippen molar-refractivity contribution in [1.82, 2.24) is 20.2 Å². The first kappa shape index (κ1) is 16.4. The van der Waals surface area contributed by atoms with Gasteiger partial charge < -0.3 is 10.1 Å². The molecule has 0 saturated heterocycles. The molecular formula is C18H17N5O2. The molecule has 0 radical (unpaired) electrons. The van der Waals surface area contributed by atoms with Crippen LogP contribution in [0, 0.1) is 0 Å². The molecule has 2 aromatic carbocycles. The number of aromatic nitrogens is 4. The molecule has 3 aromatic rings. The summed E-state index contributed by atoms with van der Waals surface area (Å²) in [5.41, 5.74) is 2.02. The molecule has 0 aliphatic carbocycles. The number of anilines is 1. The SMILES string of the molecule is C=CCOc1ccc(C(=O)Nc2cccc(-c3nnnn3C)c2)cc1. The topological polar surface area (TPSA) is 81.9 Å². The van der Waals surface area contributed by atoms with Crippen LogP contribution in [0.3, 0.4) is 0 Å². The average Bonchev–Trinajstić information content (AvgIpc) is 3.06. The Bertz CT molecular complexity index is 886. The van der Waals surface area contributed by atoms with E-state index in [1.807, 2.05) is 24.3 Å². The van der Waals surface area contributed by atoms with Crippen LogP contribution in [0.25, 0.3) is 11.4 Å². The van der Waals surface area contributed by atoms with E-state index in [2.05, 4.69) is 27.4 Å². The number of amides is 1. The molecule has 0 aliphatic heterocycles. The number of carbonyl (C=O) groups excluding carboxylic acids is 1. The van der Waals surface area contributed by atoms with Crippen molar-refractivity contribution in [2.24, 2.45) is 7.05 Å². The number of hydrogen-bond acceptors (Lipinski definition) is 5. The first-order valence-electron chi connectivity index (χ1n) is 7.65. The van der Waals surface area contributed by atoms with Gasteiger partial charge >= 0.3 is 0 Å². The van der Waals surface area contributed by atoms with Crippen LogP contribution in [-0.4, -0.2) is 32.7 Å². The summed E-state index contributed by atoms with van der Waals surface area (Å²) < 4.78 is 6.98. The van der Waals surface area contributed by atoms with E-state index in [0.29, 0.717) is 29.4 Å². The van der Waals surface area contributed by atoms with E-state index in [4.69, 9.17) is 4.74 Å². The van der Waals surface area contributed by atoms with Crippen molar-refractivity contribution in [3.8, 4) is 17.1 Å². The van der Waals surface area contributed by atoms with E-state index in [9.17, 15) is 4.79 Å². The van der Waals surface area contributed by atoms with Crippen LogP contribution in [0.15, 0.2) is 61.2 Å². The molecule has 1 amide bonds. The normalized spacial score (nSPS) is 10.3. The van der Waals surface area contributed by atoms with Gasteiger partial charge in [0.1, 0.15) is 12.4 Å². The molecular weight excluding hydrogens is 318 g/mol. The number of ether oxygens (including phenoxy) is 1. The van der Waals surface area contributed by atoms with Gasteiger partial charge in [-0.2, -0.15) is 0 Å². The first-order valence-corrected chi connectivity index (χ1v) is 7.65. The molecule has 1 aromatic heterocycles. The Morgan fingerprint density at radius 2 is 2.08 bits per heavy atom. The summed E-state index contributed by atoms with van der Waals surface area (Å²) in [4.78, 5) is 12.4. The van der Waals surface area contributed by atoms with Gasteiger partial charge in [0.25, 0.3) is 5.91 Å². The smallest absolute Gasteiger partial charge is 0.255 e.